The minimum Gasteiger partial charge on any atom is -0.494 e. The van der Waals surface area contributed by atoms with Crippen LogP contribution in [-0.2, 0) is 24.0 Å². The summed E-state index contributed by atoms with van der Waals surface area (Å²) in [5.41, 5.74) is 8.95. The Balaban J connectivity index is 1.35. The molecular formula is C39H51NO3. The zero-order chi connectivity index (χ0) is 30.6. The van der Waals surface area contributed by atoms with Gasteiger partial charge in [0.25, 0.3) is 0 Å². The Morgan fingerprint density at radius 1 is 0.977 bits per heavy atom. The number of aryl methyl sites for hydroxylation is 4. The van der Waals surface area contributed by atoms with Crippen LogP contribution in [0.4, 0.5) is 0 Å². The minimum atomic E-state index is -0.0691. The summed E-state index contributed by atoms with van der Waals surface area (Å²) in [5.74, 6) is 1.88. The molecule has 1 aliphatic rings. The highest BCUT2D eigenvalue weighted by Crippen LogP contribution is 2.26. The normalized spacial score (nSPS) is 16.5. The molecular weight excluding hydrogens is 530 g/mol. The predicted octanol–water partition coefficient (Wildman–Crippen LogP) is 8.95. The van der Waals surface area contributed by atoms with Gasteiger partial charge in [0.05, 0.1) is 6.61 Å². The highest BCUT2D eigenvalue weighted by Gasteiger charge is 2.21. The van der Waals surface area contributed by atoms with Crippen molar-refractivity contribution in [3.8, 4) is 5.75 Å². The van der Waals surface area contributed by atoms with Crippen molar-refractivity contribution < 1.29 is 14.3 Å². The van der Waals surface area contributed by atoms with Gasteiger partial charge in [-0.1, -0.05) is 56.3 Å². The van der Waals surface area contributed by atoms with Crippen LogP contribution < -0.4 is 4.74 Å². The molecule has 0 aromatic heterocycles. The van der Waals surface area contributed by atoms with Gasteiger partial charge in [0.2, 0.25) is 0 Å². The van der Waals surface area contributed by atoms with E-state index in [4.69, 9.17) is 9.47 Å². The molecule has 2 unspecified atom stereocenters. The number of carbonyl (C=O) groups is 1. The van der Waals surface area contributed by atoms with Crippen molar-refractivity contribution in [2.45, 2.75) is 85.5 Å². The van der Waals surface area contributed by atoms with Gasteiger partial charge in [-0.15, -0.1) is 0 Å². The first-order valence-corrected chi connectivity index (χ1v) is 16.4. The molecule has 0 amide bonds. The number of benzene rings is 3. The van der Waals surface area contributed by atoms with Crippen molar-refractivity contribution in [3.05, 3.63) is 99.6 Å². The van der Waals surface area contributed by atoms with Crippen molar-refractivity contribution >= 4 is 11.5 Å². The number of rotatable bonds is 14. The maximum absolute atomic E-state index is 13.7. The van der Waals surface area contributed by atoms with E-state index in [1.54, 1.807) is 0 Å². The van der Waals surface area contributed by atoms with Crippen LogP contribution in [0.1, 0.15) is 96.1 Å². The first-order valence-electron chi connectivity index (χ1n) is 16.4. The molecule has 1 aliphatic heterocycles. The van der Waals surface area contributed by atoms with Crippen molar-refractivity contribution in [1.29, 1.82) is 0 Å². The Bertz CT molecular complexity index is 1350. The number of hydrogen-bond donors (Lipinski definition) is 0. The molecule has 0 radical (unpaired) electrons. The topological polar surface area (TPSA) is 47.9 Å². The van der Waals surface area contributed by atoms with E-state index in [0.29, 0.717) is 0 Å². The lowest BCUT2D eigenvalue weighted by Crippen LogP contribution is -2.16. The molecule has 1 heterocycles. The van der Waals surface area contributed by atoms with Gasteiger partial charge >= 0.3 is 0 Å². The number of nitrogens with zero attached hydrogens (tertiary/aromatic N) is 1. The largest absolute Gasteiger partial charge is 0.494 e. The van der Waals surface area contributed by atoms with Gasteiger partial charge in [-0.25, -0.2) is 0 Å². The second-order valence-corrected chi connectivity index (χ2v) is 12.3. The van der Waals surface area contributed by atoms with Gasteiger partial charge in [-0.05, 0) is 123 Å². The molecule has 4 rings (SSSR count). The van der Waals surface area contributed by atoms with E-state index < -0.39 is 0 Å². The molecule has 3 aromatic rings. The Hall–Kier alpha value is -3.24. The third kappa shape index (κ3) is 9.37. The molecule has 0 saturated carbocycles. The summed E-state index contributed by atoms with van der Waals surface area (Å²) in [6.45, 7) is 11.0. The van der Waals surface area contributed by atoms with Crippen molar-refractivity contribution in [2.24, 2.45) is 16.8 Å². The third-order valence-corrected chi connectivity index (χ3v) is 9.08. The van der Waals surface area contributed by atoms with Crippen LogP contribution in [0.15, 0.2) is 65.7 Å². The predicted molar refractivity (Wildman–Crippen MR) is 179 cm³/mol. The molecule has 230 valence electrons. The van der Waals surface area contributed by atoms with Crippen LogP contribution in [0.2, 0.25) is 0 Å². The van der Waals surface area contributed by atoms with E-state index in [1.165, 1.54) is 42.4 Å². The van der Waals surface area contributed by atoms with Crippen molar-refractivity contribution in [2.75, 3.05) is 26.9 Å². The second kappa shape index (κ2) is 16.6. The lowest BCUT2D eigenvalue weighted by Gasteiger charge is -2.18. The molecule has 1 fully saturated rings. The summed E-state index contributed by atoms with van der Waals surface area (Å²) < 4.78 is 11.8. The average Bonchev–Trinajstić information content (AvgIpc) is 3.30. The third-order valence-electron chi connectivity index (χ3n) is 9.08. The van der Waals surface area contributed by atoms with Gasteiger partial charge in [-0.2, -0.15) is 0 Å². The van der Waals surface area contributed by atoms with Crippen LogP contribution in [0.5, 0.6) is 5.75 Å². The van der Waals surface area contributed by atoms with Crippen LogP contribution >= 0.6 is 0 Å². The zero-order valence-corrected chi connectivity index (χ0v) is 27.1. The Labute approximate surface area is 259 Å². The van der Waals surface area contributed by atoms with Crippen LogP contribution in [-0.4, -0.2) is 38.4 Å². The number of ether oxygens (including phenoxy) is 2. The van der Waals surface area contributed by atoms with Crippen LogP contribution in [0.3, 0.4) is 0 Å². The molecule has 2 atom stereocenters. The summed E-state index contributed by atoms with van der Waals surface area (Å²) in [4.78, 5) is 18.4. The fraction of sp³-hybridized carbons (Fsp3) is 0.487. The Kier molecular flexibility index (Phi) is 12.6. The summed E-state index contributed by atoms with van der Waals surface area (Å²) in [6, 6.07) is 21.1. The highest BCUT2D eigenvalue weighted by molar-refractivity contribution is 6.06. The first kappa shape index (κ1) is 32.7. The quantitative estimate of drug-likeness (QED) is 0.108. The van der Waals surface area contributed by atoms with Crippen molar-refractivity contribution in [1.82, 2.24) is 0 Å². The standard InChI is InChI=1S/C39H51NO3/c1-6-33-26-35(43-22-11-15-31-14-10-21-42-23-20-31)19-18-34(33)17-16-28(2)39(41)37-27-36(29(3)24-30(37)4)38(40-5)25-32-12-8-7-9-13-32/h7-9,12-13,18-19,24,26-28,31H,6,10-11,14-17,20-23,25H2,1-5H3. The van der Waals surface area contributed by atoms with E-state index in [9.17, 15) is 4.79 Å². The SMILES string of the molecule is CCc1cc(OCCCC2CCCOCC2)ccc1CCC(C)C(=O)c1cc(C(Cc2ccccc2)=NC)c(C)cc1C. The Morgan fingerprint density at radius 3 is 2.53 bits per heavy atom. The van der Waals surface area contributed by atoms with E-state index in [-0.39, 0.29) is 11.7 Å². The second-order valence-electron chi connectivity index (χ2n) is 12.3. The van der Waals surface area contributed by atoms with E-state index in [0.717, 1.165) is 91.6 Å². The maximum atomic E-state index is 13.7. The summed E-state index contributed by atoms with van der Waals surface area (Å²) in [5, 5.41) is 0. The molecule has 1 saturated heterocycles. The monoisotopic (exact) mass is 581 g/mol. The molecule has 0 N–H and O–H groups in total. The Morgan fingerprint density at radius 2 is 1.77 bits per heavy atom. The fourth-order valence-electron chi connectivity index (χ4n) is 6.37. The van der Waals surface area contributed by atoms with Gasteiger partial charge in [0, 0.05) is 43.9 Å². The molecule has 4 heteroatoms. The average molecular weight is 582 g/mol. The molecule has 4 nitrogen and oxygen atoms in total. The maximum Gasteiger partial charge on any atom is 0.165 e. The van der Waals surface area contributed by atoms with E-state index in [2.05, 4.69) is 87.3 Å². The van der Waals surface area contributed by atoms with E-state index >= 15 is 0 Å². The molecule has 0 bridgehead atoms. The number of Topliss-reactive ketones (excluding diaryl/α,β-unsaturated/α-hetero) is 1. The van der Waals surface area contributed by atoms with Crippen LogP contribution in [0, 0.1) is 25.7 Å². The molecule has 3 aromatic carbocycles. The zero-order valence-electron chi connectivity index (χ0n) is 27.1. The molecule has 43 heavy (non-hydrogen) atoms. The van der Waals surface area contributed by atoms with Gasteiger partial charge in [0.1, 0.15) is 5.75 Å². The smallest absolute Gasteiger partial charge is 0.165 e. The lowest BCUT2D eigenvalue weighted by molar-refractivity contribution is 0.0923. The van der Waals surface area contributed by atoms with E-state index in [1.807, 2.05) is 13.1 Å². The lowest BCUT2D eigenvalue weighted by atomic mass is 9.87. The molecule has 0 aliphatic carbocycles. The van der Waals surface area contributed by atoms with Crippen molar-refractivity contribution in [3.63, 3.8) is 0 Å². The first-order chi connectivity index (χ1) is 20.9. The summed E-state index contributed by atoms with van der Waals surface area (Å²) >= 11 is 0. The number of hydrogen-bond acceptors (Lipinski definition) is 4. The van der Waals surface area contributed by atoms with Gasteiger partial charge < -0.3 is 9.47 Å². The van der Waals surface area contributed by atoms with Crippen LogP contribution in [0.25, 0.3) is 0 Å². The number of aliphatic imine (C=N–C) groups is 1. The van der Waals surface area contributed by atoms with Gasteiger partial charge in [-0.3, -0.25) is 9.79 Å². The summed E-state index contributed by atoms with van der Waals surface area (Å²) in [7, 11) is 1.84. The van der Waals surface area contributed by atoms with Gasteiger partial charge in [0.15, 0.2) is 5.78 Å². The summed E-state index contributed by atoms with van der Waals surface area (Å²) in [6.07, 6.45) is 9.36. The highest BCUT2D eigenvalue weighted by atomic mass is 16.5. The minimum absolute atomic E-state index is 0.0691. The number of carbonyl (C=O) groups excluding carboxylic acids is 1. The number of ketones is 1. The fourth-order valence-corrected chi connectivity index (χ4v) is 6.37. The molecule has 0 spiro atoms.